The van der Waals surface area contributed by atoms with Crippen molar-refractivity contribution in [1.82, 2.24) is 5.32 Å². The van der Waals surface area contributed by atoms with E-state index in [0.29, 0.717) is 35.0 Å². The quantitative estimate of drug-likeness (QED) is 0.570. The molecule has 176 valence electrons. The number of aliphatic carboxylic acids is 1. The van der Waals surface area contributed by atoms with E-state index in [9.17, 15) is 14.7 Å². The van der Waals surface area contributed by atoms with Crippen LogP contribution in [0.3, 0.4) is 0 Å². The number of hydrogen-bond donors (Lipinski definition) is 3. The summed E-state index contributed by atoms with van der Waals surface area (Å²) in [6.45, 7) is 7.13. The van der Waals surface area contributed by atoms with Gasteiger partial charge in [0.25, 0.3) is 0 Å². The van der Waals surface area contributed by atoms with Gasteiger partial charge in [0.2, 0.25) is 5.91 Å². The van der Waals surface area contributed by atoms with Crippen molar-refractivity contribution in [2.75, 3.05) is 6.54 Å². The summed E-state index contributed by atoms with van der Waals surface area (Å²) in [5.41, 5.74) is 0.810. The van der Waals surface area contributed by atoms with Gasteiger partial charge in [-0.25, -0.2) is 0 Å². The molecule has 5 nitrogen and oxygen atoms in total. The van der Waals surface area contributed by atoms with E-state index in [1.54, 1.807) is 0 Å². The first kappa shape index (κ1) is 23.1. The molecular weight excluding hydrogens is 390 g/mol. The monoisotopic (exact) mass is 433 g/mol. The lowest BCUT2D eigenvalue weighted by Gasteiger charge is -2.61. The van der Waals surface area contributed by atoms with Crippen molar-refractivity contribution in [3.8, 4) is 0 Å². The van der Waals surface area contributed by atoms with Crippen LogP contribution in [0.2, 0.25) is 0 Å². The minimum absolute atomic E-state index is 0.0760. The van der Waals surface area contributed by atoms with E-state index >= 15 is 0 Å². The molecule has 4 aliphatic rings. The molecule has 4 aliphatic carbocycles. The third-order valence-corrected chi connectivity index (χ3v) is 10.7. The fourth-order valence-corrected chi connectivity index (χ4v) is 9.03. The molecule has 0 aliphatic heterocycles. The predicted molar refractivity (Wildman–Crippen MR) is 120 cm³/mol. The number of aliphatic hydroxyl groups is 1. The lowest BCUT2D eigenvalue weighted by molar-refractivity contribution is -0.138. The number of carbonyl (C=O) groups is 2. The zero-order chi connectivity index (χ0) is 22.4. The lowest BCUT2D eigenvalue weighted by Crippen LogP contribution is -2.54. The van der Waals surface area contributed by atoms with Crippen LogP contribution in [0.15, 0.2) is 0 Å². The van der Waals surface area contributed by atoms with Crippen LogP contribution in [-0.4, -0.2) is 34.7 Å². The standard InChI is InChI=1S/C26H43NO4/c1-16(4-9-23(29)27-15-24(30)31)20-7-8-21-19-6-5-17-14-18(28)10-12-25(17,2)22(19)11-13-26(20,21)3/h16-22,28H,4-15H2,1-3H3,(H,27,29)(H,30,31)/t16-,17-,18-,19+,20-,21-,22+,25+,26-/m1/s1. The number of fused-ring (bicyclic) bond motifs is 5. The average Bonchev–Trinajstić information content (AvgIpc) is 3.08. The maximum absolute atomic E-state index is 12.0. The maximum Gasteiger partial charge on any atom is 0.322 e. The molecule has 0 radical (unpaired) electrons. The summed E-state index contributed by atoms with van der Waals surface area (Å²) in [5, 5.41) is 21.5. The van der Waals surface area contributed by atoms with Crippen LogP contribution in [0.25, 0.3) is 0 Å². The minimum atomic E-state index is -0.986. The molecule has 0 saturated heterocycles. The highest BCUT2D eigenvalue weighted by Crippen LogP contribution is 2.68. The summed E-state index contributed by atoms with van der Waals surface area (Å²) in [5.74, 6) is 3.23. The molecule has 0 aromatic heterocycles. The van der Waals surface area contributed by atoms with E-state index in [4.69, 9.17) is 5.11 Å². The van der Waals surface area contributed by atoms with Gasteiger partial charge in [-0.1, -0.05) is 20.8 Å². The Morgan fingerprint density at radius 3 is 2.45 bits per heavy atom. The van der Waals surface area contributed by atoms with Gasteiger partial charge in [0.1, 0.15) is 6.54 Å². The number of hydrogen-bond acceptors (Lipinski definition) is 3. The van der Waals surface area contributed by atoms with Gasteiger partial charge in [-0.3, -0.25) is 9.59 Å². The number of carbonyl (C=O) groups excluding carboxylic acids is 1. The van der Waals surface area contributed by atoms with Crippen LogP contribution in [-0.2, 0) is 9.59 Å². The molecule has 0 aromatic carbocycles. The first-order valence-electron chi connectivity index (χ1n) is 12.8. The largest absolute Gasteiger partial charge is 0.480 e. The summed E-state index contributed by atoms with van der Waals surface area (Å²) >= 11 is 0. The van der Waals surface area contributed by atoms with Crippen LogP contribution in [0.5, 0.6) is 0 Å². The Labute approximate surface area is 187 Å². The fourth-order valence-electron chi connectivity index (χ4n) is 9.03. The number of nitrogens with one attached hydrogen (secondary N) is 1. The van der Waals surface area contributed by atoms with Crippen molar-refractivity contribution in [3.63, 3.8) is 0 Å². The summed E-state index contributed by atoms with van der Waals surface area (Å²) in [4.78, 5) is 22.7. The molecular formula is C26H43NO4. The highest BCUT2D eigenvalue weighted by atomic mass is 16.4. The highest BCUT2D eigenvalue weighted by Gasteiger charge is 2.60. The van der Waals surface area contributed by atoms with Crippen LogP contribution in [0.4, 0.5) is 0 Å². The van der Waals surface area contributed by atoms with Crippen LogP contribution >= 0.6 is 0 Å². The van der Waals surface area contributed by atoms with Crippen molar-refractivity contribution in [2.24, 2.45) is 46.3 Å². The van der Waals surface area contributed by atoms with Gasteiger partial charge in [-0.15, -0.1) is 0 Å². The molecule has 3 N–H and O–H groups in total. The summed E-state index contributed by atoms with van der Waals surface area (Å²) in [6.07, 6.45) is 12.3. The third-order valence-electron chi connectivity index (χ3n) is 10.7. The van der Waals surface area contributed by atoms with Crippen LogP contribution < -0.4 is 5.32 Å². The van der Waals surface area contributed by atoms with Gasteiger partial charge in [0, 0.05) is 6.42 Å². The number of amides is 1. The smallest absolute Gasteiger partial charge is 0.322 e. The Morgan fingerprint density at radius 2 is 1.71 bits per heavy atom. The maximum atomic E-state index is 12.0. The Bertz CT molecular complexity index is 695. The predicted octanol–water partition coefficient (Wildman–Crippen LogP) is 4.62. The average molecular weight is 434 g/mol. The second-order valence-corrected chi connectivity index (χ2v) is 12.0. The van der Waals surface area contributed by atoms with Crippen molar-refractivity contribution < 1.29 is 19.8 Å². The Balaban J connectivity index is 1.40. The first-order valence-corrected chi connectivity index (χ1v) is 12.8. The molecule has 4 saturated carbocycles. The molecule has 0 bridgehead atoms. The topological polar surface area (TPSA) is 86.6 Å². The SMILES string of the molecule is C[C@H](CCC(=O)NCC(=O)O)[C@H]1CC[C@@H]2[C@@H]3CC[C@@H]4C[C@H](O)CC[C@]4(C)[C@H]3CC[C@@]21C. The van der Waals surface area contributed by atoms with Gasteiger partial charge in [0.05, 0.1) is 6.10 Å². The lowest BCUT2D eigenvalue weighted by atomic mass is 9.44. The molecule has 4 fully saturated rings. The van der Waals surface area contributed by atoms with Gasteiger partial charge in [0.15, 0.2) is 0 Å². The molecule has 0 unspecified atom stereocenters. The van der Waals surface area contributed by atoms with Gasteiger partial charge in [-0.05, 0) is 111 Å². The molecule has 31 heavy (non-hydrogen) atoms. The van der Waals surface area contributed by atoms with E-state index in [-0.39, 0.29) is 18.6 Å². The van der Waals surface area contributed by atoms with Crippen molar-refractivity contribution >= 4 is 11.9 Å². The normalized spacial score (nSPS) is 45.2. The molecule has 9 atom stereocenters. The van der Waals surface area contributed by atoms with E-state index in [2.05, 4.69) is 26.1 Å². The minimum Gasteiger partial charge on any atom is -0.480 e. The molecule has 0 aromatic rings. The summed E-state index contributed by atoms with van der Waals surface area (Å²) < 4.78 is 0. The van der Waals surface area contributed by atoms with E-state index in [1.165, 1.54) is 44.9 Å². The summed E-state index contributed by atoms with van der Waals surface area (Å²) in [7, 11) is 0. The fraction of sp³-hybridized carbons (Fsp3) is 0.923. The first-order chi connectivity index (χ1) is 14.6. The number of carboxylic acid groups (broad SMARTS) is 1. The number of rotatable bonds is 6. The van der Waals surface area contributed by atoms with Crippen molar-refractivity contribution in [3.05, 3.63) is 0 Å². The molecule has 1 amide bonds. The van der Waals surface area contributed by atoms with E-state index in [1.807, 2.05) is 0 Å². The Kier molecular flexibility index (Phi) is 6.46. The van der Waals surface area contributed by atoms with Gasteiger partial charge in [-0.2, -0.15) is 0 Å². The van der Waals surface area contributed by atoms with Crippen molar-refractivity contribution in [2.45, 2.75) is 97.5 Å². The zero-order valence-corrected chi connectivity index (χ0v) is 19.7. The third kappa shape index (κ3) is 4.16. The molecule has 4 rings (SSSR count). The van der Waals surface area contributed by atoms with Gasteiger partial charge >= 0.3 is 5.97 Å². The van der Waals surface area contributed by atoms with Crippen molar-refractivity contribution in [1.29, 1.82) is 0 Å². The Morgan fingerprint density at radius 1 is 1.00 bits per heavy atom. The number of carboxylic acids is 1. The molecule has 0 heterocycles. The van der Waals surface area contributed by atoms with E-state index < -0.39 is 5.97 Å². The van der Waals surface area contributed by atoms with Crippen LogP contribution in [0, 0.1) is 46.3 Å². The number of aliphatic hydroxyl groups excluding tert-OH is 1. The second-order valence-electron chi connectivity index (χ2n) is 12.0. The Hall–Kier alpha value is -1.10. The molecule has 5 heteroatoms. The van der Waals surface area contributed by atoms with Crippen LogP contribution in [0.1, 0.15) is 91.4 Å². The summed E-state index contributed by atoms with van der Waals surface area (Å²) in [6, 6.07) is 0. The molecule has 0 spiro atoms. The second kappa shape index (κ2) is 8.68. The van der Waals surface area contributed by atoms with E-state index in [0.717, 1.165) is 37.0 Å². The van der Waals surface area contributed by atoms with Gasteiger partial charge < -0.3 is 15.5 Å². The highest BCUT2D eigenvalue weighted by molar-refractivity contribution is 5.81. The zero-order valence-electron chi connectivity index (χ0n) is 19.7.